The van der Waals surface area contributed by atoms with E-state index in [1.54, 1.807) is 6.20 Å². The van der Waals surface area contributed by atoms with Gasteiger partial charge in [-0.3, -0.25) is 9.47 Å². The van der Waals surface area contributed by atoms with Crippen molar-refractivity contribution in [3.63, 3.8) is 0 Å². The lowest BCUT2D eigenvalue weighted by atomic mass is 10.0. The molecule has 170 valence electrons. The predicted octanol–water partition coefficient (Wildman–Crippen LogP) is 4.75. The first-order valence-electron chi connectivity index (χ1n) is 11.5. The monoisotopic (exact) mass is 458 g/mol. The van der Waals surface area contributed by atoms with Crippen LogP contribution in [-0.4, -0.2) is 36.3 Å². The Morgan fingerprint density at radius 3 is 2.63 bits per heavy atom. The van der Waals surface area contributed by atoms with E-state index in [0.29, 0.717) is 0 Å². The van der Waals surface area contributed by atoms with Crippen molar-refractivity contribution >= 4 is 22.8 Å². The number of allylic oxidation sites excluding steroid dienone is 1. The summed E-state index contributed by atoms with van der Waals surface area (Å²) in [5.41, 5.74) is 8.05. The molecule has 0 aliphatic carbocycles. The van der Waals surface area contributed by atoms with E-state index in [9.17, 15) is 0 Å². The highest BCUT2D eigenvalue weighted by Crippen LogP contribution is 2.44. The highest BCUT2D eigenvalue weighted by molar-refractivity contribution is 6.16. The summed E-state index contributed by atoms with van der Waals surface area (Å²) in [7, 11) is 0. The summed E-state index contributed by atoms with van der Waals surface area (Å²) in [6.07, 6.45) is 11.4. The Hall–Kier alpha value is -4.85. The molecule has 5 heterocycles. The van der Waals surface area contributed by atoms with Crippen molar-refractivity contribution in [2.24, 2.45) is 4.99 Å². The number of H-pyrrole nitrogens is 1. The van der Waals surface area contributed by atoms with Gasteiger partial charge in [-0.1, -0.05) is 30.3 Å². The van der Waals surface area contributed by atoms with Crippen molar-refractivity contribution in [2.45, 2.75) is 13.2 Å². The molecule has 2 aliphatic heterocycles. The van der Waals surface area contributed by atoms with Crippen molar-refractivity contribution in [2.75, 3.05) is 10.2 Å². The standard InChI is InChI=1S/C27H22N8/c1-18-25(26(33-14-13-29-17-33)35(32-18)20-7-3-2-4-8-20)24-15-22(19-11-12-28-16-19)31-27-30-21-9-5-6-10-23(21)34(24)27/h2-17,27-28,30H,1H3. The second-order valence-corrected chi connectivity index (χ2v) is 8.55. The van der Waals surface area contributed by atoms with Crippen LogP contribution in [-0.2, 0) is 0 Å². The second-order valence-electron chi connectivity index (χ2n) is 8.55. The van der Waals surface area contributed by atoms with E-state index in [-0.39, 0.29) is 6.29 Å². The number of para-hydroxylation sites is 3. The van der Waals surface area contributed by atoms with Crippen LogP contribution in [0.25, 0.3) is 17.2 Å². The number of hydrogen-bond donors (Lipinski definition) is 2. The maximum absolute atomic E-state index is 5.05. The SMILES string of the molecule is Cc1nn(-c2ccccc2)c(-n2ccnc2)c1C1=CC(c2cc[nH]c2)=NC2Nc3ccccc3N12. The van der Waals surface area contributed by atoms with Crippen LogP contribution in [0.1, 0.15) is 16.8 Å². The van der Waals surface area contributed by atoms with Crippen LogP contribution in [0.3, 0.4) is 0 Å². The van der Waals surface area contributed by atoms with Gasteiger partial charge >= 0.3 is 0 Å². The Morgan fingerprint density at radius 2 is 1.83 bits per heavy atom. The van der Waals surface area contributed by atoms with Crippen molar-refractivity contribution in [1.29, 1.82) is 0 Å². The fourth-order valence-corrected chi connectivity index (χ4v) is 4.88. The maximum atomic E-state index is 5.05. The number of anilines is 2. The lowest BCUT2D eigenvalue weighted by molar-refractivity contribution is 0.797. The van der Waals surface area contributed by atoms with Crippen LogP contribution in [0.4, 0.5) is 11.4 Å². The maximum Gasteiger partial charge on any atom is 0.201 e. The number of nitrogens with one attached hydrogen (secondary N) is 2. The first kappa shape index (κ1) is 19.6. The molecular formula is C27H22N8. The van der Waals surface area contributed by atoms with Gasteiger partial charge in [-0.15, -0.1) is 0 Å². The summed E-state index contributed by atoms with van der Waals surface area (Å²) in [4.78, 5) is 14.8. The molecule has 1 atom stereocenters. The number of fused-ring (bicyclic) bond motifs is 3. The Morgan fingerprint density at radius 1 is 0.971 bits per heavy atom. The fraction of sp³-hybridized carbons (Fsp3) is 0.0741. The van der Waals surface area contributed by atoms with Gasteiger partial charge in [0.1, 0.15) is 6.33 Å². The van der Waals surface area contributed by atoms with E-state index >= 15 is 0 Å². The molecule has 35 heavy (non-hydrogen) atoms. The lowest BCUT2D eigenvalue weighted by Gasteiger charge is -2.31. The van der Waals surface area contributed by atoms with E-state index in [2.05, 4.69) is 63.5 Å². The van der Waals surface area contributed by atoms with E-state index in [0.717, 1.165) is 51.1 Å². The molecule has 8 nitrogen and oxygen atoms in total. The number of hydrogen-bond acceptors (Lipinski definition) is 5. The molecule has 0 spiro atoms. The van der Waals surface area contributed by atoms with Gasteiger partial charge in [-0.05, 0) is 43.3 Å². The zero-order chi connectivity index (χ0) is 23.4. The molecule has 0 amide bonds. The summed E-state index contributed by atoms with van der Waals surface area (Å²) < 4.78 is 4.01. The molecule has 2 N–H and O–H groups in total. The first-order valence-corrected chi connectivity index (χ1v) is 11.5. The molecule has 0 fully saturated rings. The van der Waals surface area contributed by atoms with E-state index in [4.69, 9.17) is 10.1 Å². The molecule has 1 unspecified atom stereocenters. The third kappa shape index (κ3) is 3.03. The minimum Gasteiger partial charge on any atom is -0.367 e. The third-order valence-corrected chi connectivity index (χ3v) is 6.42. The van der Waals surface area contributed by atoms with Crippen LogP contribution in [0.15, 0.2) is 103 Å². The van der Waals surface area contributed by atoms with Gasteiger partial charge in [-0.25, -0.2) is 14.7 Å². The molecule has 0 saturated heterocycles. The van der Waals surface area contributed by atoms with Crippen molar-refractivity contribution in [1.82, 2.24) is 24.3 Å². The van der Waals surface area contributed by atoms with Gasteiger partial charge < -0.3 is 10.3 Å². The number of rotatable bonds is 4. The second kappa shape index (κ2) is 7.59. The van der Waals surface area contributed by atoms with Crippen molar-refractivity contribution in [3.05, 3.63) is 115 Å². The Balaban J connectivity index is 1.50. The summed E-state index contributed by atoms with van der Waals surface area (Å²) in [5, 5.41) is 8.59. The van der Waals surface area contributed by atoms with E-state index < -0.39 is 0 Å². The number of imidazole rings is 1. The molecule has 0 saturated carbocycles. The van der Waals surface area contributed by atoms with Crippen LogP contribution in [0.2, 0.25) is 0 Å². The quantitative estimate of drug-likeness (QED) is 0.407. The highest BCUT2D eigenvalue weighted by atomic mass is 15.4. The minimum absolute atomic E-state index is 0.257. The van der Waals surface area contributed by atoms with Gasteiger partial charge in [0.15, 0.2) is 5.82 Å². The molecule has 7 rings (SSSR count). The topological polar surface area (TPSA) is 79.1 Å². The van der Waals surface area contributed by atoms with Gasteiger partial charge in [-0.2, -0.15) is 5.10 Å². The Labute approximate surface area is 201 Å². The molecule has 2 aliphatic rings. The Bertz CT molecular complexity index is 1570. The number of aromatic nitrogens is 5. The van der Waals surface area contributed by atoms with E-state index in [1.807, 2.05) is 64.5 Å². The van der Waals surface area contributed by atoms with Gasteiger partial charge in [0.2, 0.25) is 6.29 Å². The summed E-state index contributed by atoms with van der Waals surface area (Å²) in [5.74, 6) is 0.927. The Kier molecular flexibility index (Phi) is 4.25. The van der Waals surface area contributed by atoms with Crippen LogP contribution in [0.5, 0.6) is 0 Å². The summed E-state index contributed by atoms with van der Waals surface area (Å²) in [6, 6.07) is 20.5. The van der Waals surface area contributed by atoms with Crippen LogP contribution < -0.4 is 10.2 Å². The minimum atomic E-state index is -0.257. The third-order valence-electron chi connectivity index (χ3n) is 6.42. The smallest absolute Gasteiger partial charge is 0.201 e. The van der Waals surface area contributed by atoms with Crippen LogP contribution >= 0.6 is 0 Å². The summed E-state index contributed by atoms with van der Waals surface area (Å²) >= 11 is 0. The average molecular weight is 459 g/mol. The number of aliphatic imine (C=N–C) groups is 1. The van der Waals surface area contributed by atoms with Crippen molar-refractivity contribution < 1.29 is 0 Å². The molecule has 0 radical (unpaired) electrons. The average Bonchev–Trinajstić information content (AvgIpc) is 3.69. The highest BCUT2D eigenvalue weighted by Gasteiger charge is 2.37. The lowest BCUT2D eigenvalue weighted by Crippen LogP contribution is -2.37. The number of benzene rings is 2. The van der Waals surface area contributed by atoms with Crippen molar-refractivity contribution in [3.8, 4) is 11.5 Å². The largest absolute Gasteiger partial charge is 0.367 e. The van der Waals surface area contributed by atoms with Gasteiger partial charge in [0.25, 0.3) is 0 Å². The number of aryl methyl sites for hydroxylation is 1. The predicted molar refractivity (Wildman–Crippen MR) is 137 cm³/mol. The number of aromatic amines is 1. The van der Waals surface area contributed by atoms with Gasteiger partial charge in [0.05, 0.1) is 39.7 Å². The molecule has 5 aromatic rings. The molecule has 3 aromatic heterocycles. The zero-order valence-electron chi connectivity index (χ0n) is 19.0. The van der Waals surface area contributed by atoms with E-state index in [1.165, 1.54) is 0 Å². The molecule has 2 aromatic carbocycles. The fourth-order valence-electron chi connectivity index (χ4n) is 4.88. The van der Waals surface area contributed by atoms with Crippen LogP contribution in [0, 0.1) is 6.92 Å². The molecule has 0 bridgehead atoms. The molecular weight excluding hydrogens is 436 g/mol. The zero-order valence-corrected chi connectivity index (χ0v) is 19.0. The molecule has 8 heteroatoms. The van der Waals surface area contributed by atoms with Gasteiger partial charge in [0, 0.05) is 30.4 Å². The first-order chi connectivity index (χ1) is 17.3. The normalized spacial score (nSPS) is 16.4. The number of nitrogens with zero attached hydrogens (tertiary/aromatic N) is 6. The summed E-state index contributed by atoms with van der Waals surface area (Å²) in [6.45, 7) is 2.06.